The van der Waals surface area contributed by atoms with Crippen molar-refractivity contribution in [2.75, 3.05) is 6.54 Å². The fraction of sp³-hybridized carbons (Fsp3) is 0.444. The van der Waals surface area contributed by atoms with Gasteiger partial charge in [-0.1, -0.05) is 6.92 Å². The van der Waals surface area contributed by atoms with Crippen LogP contribution in [0.3, 0.4) is 0 Å². The molecule has 0 saturated carbocycles. The molecule has 0 saturated heterocycles. The Kier molecular flexibility index (Phi) is 3.05. The molecule has 0 fully saturated rings. The molecule has 0 bridgehead atoms. The lowest BCUT2D eigenvalue weighted by Gasteiger charge is -1.98. The summed E-state index contributed by atoms with van der Waals surface area (Å²) in [6.45, 7) is 4.11. The Hall–Kier alpha value is -0.890. The fourth-order valence-corrected chi connectivity index (χ4v) is 0.919. The van der Waals surface area contributed by atoms with Gasteiger partial charge < -0.3 is 5.32 Å². The summed E-state index contributed by atoms with van der Waals surface area (Å²) in [5, 5.41) is 3.27. The average Bonchev–Trinajstić information content (AvgIpc) is 2.04. The van der Waals surface area contributed by atoms with Crippen molar-refractivity contribution in [3.05, 3.63) is 30.1 Å². The van der Waals surface area contributed by atoms with Crippen molar-refractivity contribution in [3.8, 4) is 0 Å². The molecule has 1 rings (SSSR count). The lowest BCUT2D eigenvalue weighted by atomic mass is 10.3. The van der Waals surface area contributed by atoms with Crippen LogP contribution in [0.15, 0.2) is 24.5 Å². The number of hydrogen-bond acceptors (Lipinski definition) is 1. The molecule has 0 atom stereocenters. The highest BCUT2D eigenvalue weighted by Gasteiger charge is 1.93. The number of nitrogens with zero attached hydrogens (tertiary/aromatic N) is 1. The smallest absolute Gasteiger partial charge is 0.168 e. The molecule has 0 spiro atoms. The number of aromatic nitrogens is 1. The Labute approximate surface area is 67.9 Å². The lowest BCUT2D eigenvalue weighted by molar-refractivity contribution is -0.671. The summed E-state index contributed by atoms with van der Waals surface area (Å²) in [5.41, 5.74) is 1.34. The summed E-state index contributed by atoms with van der Waals surface area (Å²) in [4.78, 5) is 0. The second-order valence-corrected chi connectivity index (χ2v) is 2.65. The van der Waals surface area contributed by atoms with Gasteiger partial charge in [-0.25, -0.2) is 4.57 Å². The summed E-state index contributed by atoms with van der Waals surface area (Å²) in [6, 6.07) is 4.26. The van der Waals surface area contributed by atoms with Gasteiger partial charge in [0.25, 0.3) is 0 Å². The van der Waals surface area contributed by atoms with Crippen molar-refractivity contribution < 1.29 is 4.57 Å². The van der Waals surface area contributed by atoms with Gasteiger partial charge in [-0.3, -0.25) is 0 Å². The average molecular weight is 151 g/mol. The van der Waals surface area contributed by atoms with E-state index in [1.807, 2.05) is 11.6 Å². The van der Waals surface area contributed by atoms with Crippen LogP contribution in [0.5, 0.6) is 0 Å². The zero-order chi connectivity index (χ0) is 8.10. The van der Waals surface area contributed by atoms with E-state index in [1.54, 1.807) is 0 Å². The van der Waals surface area contributed by atoms with E-state index in [2.05, 4.69) is 36.8 Å². The van der Waals surface area contributed by atoms with Gasteiger partial charge in [-0.2, -0.15) is 0 Å². The summed E-state index contributed by atoms with van der Waals surface area (Å²) in [5.74, 6) is 0. The zero-order valence-electron chi connectivity index (χ0n) is 7.17. The van der Waals surface area contributed by atoms with Crippen LogP contribution >= 0.6 is 0 Å². The maximum absolute atomic E-state index is 3.27. The van der Waals surface area contributed by atoms with Gasteiger partial charge in [0, 0.05) is 18.7 Å². The number of hydrogen-bond donors (Lipinski definition) is 1. The number of pyridine rings is 1. The van der Waals surface area contributed by atoms with E-state index < -0.39 is 0 Å². The maximum Gasteiger partial charge on any atom is 0.168 e. The standard InChI is InChI=1S/C9H15N2/c1-3-10-8-9-4-6-11(2)7-5-9/h4-7,10H,3,8H2,1-2H3/q+1. The van der Waals surface area contributed by atoms with Gasteiger partial charge in [0.15, 0.2) is 12.4 Å². The van der Waals surface area contributed by atoms with Gasteiger partial charge in [0.2, 0.25) is 0 Å². The Balaban J connectivity index is 2.52. The van der Waals surface area contributed by atoms with Crippen molar-refractivity contribution in [2.45, 2.75) is 13.5 Å². The van der Waals surface area contributed by atoms with Gasteiger partial charge in [0.05, 0.1) is 0 Å². The van der Waals surface area contributed by atoms with Crippen molar-refractivity contribution in [1.29, 1.82) is 0 Å². The van der Waals surface area contributed by atoms with Gasteiger partial charge in [-0.15, -0.1) is 0 Å². The van der Waals surface area contributed by atoms with Crippen molar-refractivity contribution in [3.63, 3.8) is 0 Å². The minimum atomic E-state index is 0.970. The molecule has 0 radical (unpaired) electrons. The molecule has 2 nitrogen and oxygen atoms in total. The van der Waals surface area contributed by atoms with E-state index in [0.29, 0.717) is 0 Å². The van der Waals surface area contributed by atoms with Crippen LogP contribution in [0.1, 0.15) is 12.5 Å². The summed E-state index contributed by atoms with van der Waals surface area (Å²) in [7, 11) is 2.02. The molecule has 1 heterocycles. The third-order valence-corrected chi connectivity index (χ3v) is 1.63. The second-order valence-electron chi connectivity index (χ2n) is 2.65. The fourth-order valence-electron chi connectivity index (χ4n) is 0.919. The van der Waals surface area contributed by atoms with Crippen molar-refractivity contribution in [2.24, 2.45) is 7.05 Å². The van der Waals surface area contributed by atoms with Crippen LogP contribution in [0.25, 0.3) is 0 Å². The molecule has 0 amide bonds. The van der Waals surface area contributed by atoms with E-state index in [0.717, 1.165) is 13.1 Å². The predicted octanol–water partition coefficient (Wildman–Crippen LogP) is 0.621. The van der Waals surface area contributed by atoms with Crippen molar-refractivity contribution >= 4 is 0 Å². The minimum Gasteiger partial charge on any atom is -0.313 e. The van der Waals surface area contributed by atoms with E-state index in [1.165, 1.54) is 5.56 Å². The molecule has 11 heavy (non-hydrogen) atoms. The molecular formula is C9H15N2+. The molecule has 60 valence electrons. The monoisotopic (exact) mass is 151 g/mol. The summed E-state index contributed by atoms with van der Waals surface area (Å²) >= 11 is 0. The highest BCUT2D eigenvalue weighted by atomic mass is 14.9. The van der Waals surface area contributed by atoms with Crippen LogP contribution in [-0.2, 0) is 13.6 Å². The molecular weight excluding hydrogens is 136 g/mol. The number of nitrogens with one attached hydrogen (secondary N) is 1. The number of rotatable bonds is 3. The van der Waals surface area contributed by atoms with E-state index in [4.69, 9.17) is 0 Å². The Bertz CT molecular complexity index is 203. The highest BCUT2D eigenvalue weighted by Crippen LogP contribution is 1.92. The Morgan fingerprint density at radius 2 is 2.00 bits per heavy atom. The first-order chi connectivity index (χ1) is 5.33. The van der Waals surface area contributed by atoms with Gasteiger partial charge in [-0.05, 0) is 12.1 Å². The van der Waals surface area contributed by atoms with Gasteiger partial charge in [0.1, 0.15) is 7.05 Å². The SMILES string of the molecule is CCNCc1cc[n+](C)cc1. The second kappa shape index (κ2) is 4.09. The number of aryl methyl sites for hydroxylation is 1. The predicted molar refractivity (Wildman–Crippen MR) is 45.0 cm³/mol. The van der Waals surface area contributed by atoms with E-state index >= 15 is 0 Å². The third kappa shape index (κ3) is 2.68. The molecule has 0 unspecified atom stereocenters. The first-order valence-electron chi connectivity index (χ1n) is 3.98. The Morgan fingerprint density at radius 1 is 1.36 bits per heavy atom. The molecule has 1 N–H and O–H groups in total. The topological polar surface area (TPSA) is 15.9 Å². The Morgan fingerprint density at radius 3 is 2.55 bits per heavy atom. The van der Waals surface area contributed by atoms with Gasteiger partial charge >= 0.3 is 0 Å². The van der Waals surface area contributed by atoms with Crippen LogP contribution in [0.4, 0.5) is 0 Å². The lowest BCUT2D eigenvalue weighted by Crippen LogP contribution is -2.26. The first-order valence-corrected chi connectivity index (χ1v) is 3.98. The summed E-state index contributed by atoms with van der Waals surface area (Å²) < 4.78 is 2.04. The molecule has 0 aromatic carbocycles. The minimum absolute atomic E-state index is 0.970. The van der Waals surface area contributed by atoms with Crippen LogP contribution in [-0.4, -0.2) is 6.54 Å². The zero-order valence-corrected chi connectivity index (χ0v) is 7.17. The molecule has 2 heteroatoms. The molecule has 0 aliphatic heterocycles. The van der Waals surface area contributed by atoms with E-state index in [-0.39, 0.29) is 0 Å². The normalized spacial score (nSPS) is 10.0. The van der Waals surface area contributed by atoms with Crippen molar-refractivity contribution in [1.82, 2.24) is 5.32 Å². The molecule has 0 aliphatic carbocycles. The van der Waals surface area contributed by atoms with Crippen LogP contribution in [0.2, 0.25) is 0 Å². The third-order valence-electron chi connectivity index (χ3n) is 1.63. The highest BCUT2D eigenvalue weighted by molar-refractivity contribution is 5.06. The molecule has 0 aliphatic rings. The van der Waals surface area contributed by atoms with E-state index in [9.17, 15) is 0 Å². The summed E-state index contributed by atoms with van der Waals surface area (Å²) in [6.07, 6.45) is 4.12. The quantitative estimate of drug-likeness (QED) is 0.626. The maximum atomic E-state index is 3.27. The molecule has 1 aromatic rings. The molecule has 1 aromatic heterocycles. The van der Waals surface area contributed by atoms with Crippen LogP contribution in [0, 0.1) is 0 Å². The van der Waals surface area contributed by atoms with Crippen LogP contribution < -0.4 is 9.88 Å². The first kappa shape index (κ1) is 8.21. The largest absolute Gasteiger partial charge is 0.313 e.